The molecule has 0 radical (unpaired) electrons. The van der Waals surface area contributed by atoms with E-state index < -0.39 is 12.1 Å². The SMILES string of the molecule is CON(C)C(=O)C1CC(C2CCCCC2)CN1C(=O)O. The highest BCUT2D eigenvalue weighted by Crippen LogP contribution is 2.37. The van der Waals surface area contributed by atoms with Crippen molar-refractivity contribution in [1.29, 1.82) is 0 Å². The van der Waals surface area contributed by atoms with E-state index in [9.17, 15) is 14.7 Å². The predicted molar refractivity (Wildman–Crippen MR) is 73.0 cm³/mol. The summed E-state index contributed by atoms with van der Waals surface area (Å²) in [5.41, 5.74) is 0. The van der Waals surface area contributed by atoms with Gasteiger partial charge >= 0.3 is 6.09 Å². The number of rotatable bonds is 3. The van der Waals surface area contributed by atoms with Crippen LogP contribution >= 0.6 is 0 Å². The molecule has 2 unspecified atom stereocenters. The molecular formula is C14H24N2O4. The molecule has 2 aliphatic rings. The zero-order chi connectivity index (χ0) is 14.7. The number of hydrogen-bond acceptors (Lipinski definition) is 3. The van der Waals surface area contributed by atoms with E-state index in [0.29, 0.717) is 24.8 Å². The molecule has 0 spiro atoms. The van der Waals surface area contributed by atoms with E-state index in [1.54, 1.807) is 0 Å². The van der Waals surface area contributed by atoms with E-state index in [0.717, 1.165) is 5.06 Å². The Kier molecular flexibility index (Phi) is 4.86. The maximum atomic E-state index is 12.2. The molecule has 1 saturated carbocycles. The van der Waals surface area contributed by atoms with Gasteiger partial charge < -0.3 is 5.11 Å². The van der Waals surface area contributed by atoms with Crippen LogP contribution in [0.3, 0.4) is 0 Å². The lowest BCUT2D eigenvalue weighted by Gasteiger charge is -2.26. The highest BCUT2D eigenvalue weighted by molar-refractivity contribution is 5.85. The number of carbonyl (C=O) groups excluding carboxylic acids is 1. The Balaban J connectivity index is 2.06. The minimum Gasteiger partial charge on any atom is -0.465 e. The zero-order valence-corrected chi connectivity index (χ0v) is 12.2. The smallest absolute Gasteiger partial charge is 0.407 e. The van der Waals surface area contributed by atoms with Crippen LogP contribution in [0.25, 0.3) is 0 Å². The van der Waals surface area contributed by atoms with E-state index in [1.165, 1.54) is 51.2 Å². The number of carbonyl (C=O) groups is 2. The lowest BCUT2D eigenvalue weighted by Crippen LogP contribution is -2.45. The second-order valence-electron chi connectivity index (χ2n) is 5.86. The molecule has 0 aromatic heterocycles. The van der Waals surface area contributed by atoms with Crippen molar-refractivity contribution < 1.29 is 19.5 Å². The van der Waals surface area contributed by atoms with Crippen LogP contribution in [0.5, 0.6) is 0 Å². The van der Waals surface area contributed by atoms with Gasteiger partial charge in [-0.25, -0.2) is 9.86 Å². The predicted octanol–water partition coefficient (Wildman–Crippen LogP) is 1.95. The van der Waals surface area contributed by atoms with E-state index in [-0.39, 0.29) is 5.91 Å². The molecule has 2 fully saturated rings. The fourth-order valence-electron chi connectivity index (χ4n) is 3.56. The van der Waals surface area contributed by atoms with Gasteiger partial charge in [-0.05, 0) is 18.3 Å². The summed E-state index contributed by atoms with van der Waals surface area (Å²) in [6, 6.07) is -0.593. The van der Waals surface area contributed by atoms with E-state index >= 15 is 0 Å². The standard InChI is InChI=1S/C14H24N2O4/c1-15(20-2)13(17)12-8-11(9-16(12)14(18)19)10-6-4-3-5-7-10/h10-12H,3-9H2,1-2H3,(H,18,19). The Bertz CT molecular complexity index is 368. The molecule has 1 N–H and O–H groups in total. The van der Waals surface area contributed by atoms with Crippen LogP contribution in [0.1, 0.15) is 38.5 Å². The van der Waals surface area contributed by atoms with Crippen molar-refractivity contribution in [3.05, 3.63) is 0 Å². The molecule has 6 heteroatoms. The molecule has 0 bridgehead atoms. The van der Waals surface area contributed by atoms with Crippen LogP contribution in [0, 0.1) is 11.8 Å². The van der Waals surface area contributed by atoms with Gasteiger partial charge in [-0.3, -0.25) is 14.5 Å². The summed E-state index contributed by atoms with van der Waals surface area (Å²) in [7, 11) is 2.94. The van der Waals surface area contributed by atoms with Crippen LogP contribution in [0.2, 0.25) is 0 Å². The molecule has 1 aliphatic carbocycles. The number of likely N-dealkylation sites (N-methyl/N-ethyl adjacent to an activating group) is 1. The lowest BCUT2D eigenvalue weighted by atomic mass is 9.79. The fourth-order valence-corrected chi connectivity index (χ4v) is 3.56. The van der Waals surface area contributed by atoms with Gasteiger partial charge in [0, 0.05) is 13.6 Å². The van der Waals surface area contributed by atoms with Crippen LogP contribution < -0.4 is 0 Å². The fraction of sp³-hybridized carbons (Fsp3) is 0.857. The average molecular weight is 284 g/mol. The first-order chi connectivity index (χ1) is 9.54. The molecule has 2 amide bonds. The number of nitrogens with zero attached hydrogens (tertiary/aromatic N) is 2. The number of hydrogen-bond donors (Lipinski definition) is 1. The largest absolute Gasteiger partial charge is 0.465 e. The van der Waals surface area contributed by atoms with Crippen LogP contribution in [-0.2, 0) is 9.63 Å². The summed E-state index contributed by atoms with van der Waals surface area (Å²) >= 11 is 0. The first kappa shape index (κ1) is 15.1. The molecule has 2 rings (SSSR count). The Morgan fingerprint density at radius 1 is 1.20 bits per heavy atom. The number of amides is 2. The van der Waals surface area contributed by atoms with Crippen molar-refractivity contribution in [2.45, 2.75) is 44.6 Å². The molecule has 0 aromatic rings. The third kappa shape index (κ3) is 3.06. The van der Waals surface area contributed by atoms with Crippen molar-refractivity contribution in [3.8, 4) is 0 Å². The van der Waals surface area contributed by atoms with Gasteiger partial charge in [0.2, 0.25) is 0 Å². The third-order valence-corrected chi connectivity index (χ3v) is 4.76. The van der Waals surface area contributed by atoms with Gasteiger partial charge in [-0.1, -0.05) is 32.1 Å². The molecule has 6 nitrogen and oxygen atoms in total. The molecule has 114 valence electrons. The maximum absolute atomic E-state index is 12.2. The Hall–Kier alpha value is -1.30. The van der Waals surface area contributed by atoms with Crippen molar-refractivity contribution in [2.24, 2.45) is 11.8 Å². The summed E-state index contributed by atoms with van der Waals surface area (Å²) in [5, 5.41) is 10.4. The van der Waals surface area contributed by atoms with Crippen molar-refractivity contribution in [1.82, 2.24) is 9.96 Å². The van der Waals surface area contributed by atoms with Crippen LogP contribution in [0.4, 0.5) is 4.79 Å². The summed E-state index contributed by atoms with van der Waals surface area (Å²) in [6.45, 7) is 0.480. The summed E-state index contributed by atoms with van der Waals surface area (Å²) in [4.78, 5) is 29.8. The van der Waals surface area contributed by atoms with Crippen LogP contribution in [-0.4, -0.2) is 53.8 Å². The molecule has 1 saturated heterocycles. The molecule has 0 aromatic carbocycles. The highest BCUT2D eigenvalue weighted by Gasteiger charge is 2.43. The van der Waals surface area contributed by atoms with Gasteiger partial charge in [0.25, 0.3) is 5.91 Å². The topological polar surface area (TPSA) is 70.1 Å². The second-order valence-corrected chi connectivity index (χ2v) is 5.86. The zero-order valence-electron chi connectivity index (χ0n) is 12.2. The Morgan fingerprint density at radius 2 is 1.85 bits per heavy atom. The minimum atomic E-state index is -1.01. The minimum absolute atomic E-state index is 0.270. The second kappa shape index (κ2) is 6.43. The molecule has 2 atom stereocenters. The number of carboxylic acid groups (broad SMARTS) is 1. The average Bonchev–Trinajstić information content (AvgIpc) is 2.92. The lowest BCUT2D eigenvalue weighted by molar-refractivity contribution is -0.173. The first-order valence-electron chi connectivity index (χ1n) is 7.35. The number of hydroxylamine groups is 2. The van der Waals surface area contributed by atoms with Gasteiger partial charge in [-0.15, -0.1) is 0 Å². The van der Waals surface area contributed by atoms with E-state index in [4.69, 9.17) is 4.84 Å². The monoisotopic (exact) mass is 284 g/mol. The highest BCUT2D eigenvalue weighted by atomic mass is 16.7. The molecule has 1 heterocycles. The van der Waals surface area contributed by atoms with Gasteiger partial charge in [0.05, 0.1) is 7.11 Å². The maximum Gasteiger partial charge on any atom is 0.407 e. The van der Waals surface area contributed by atoms with E-state index in [2.05, 4.69) is 0 Å². The van der Waals surface area contributed by atoms with Crippen molar-refractivity contribution >= 4 is 12.0 Å². The van der Waals surface area contributed by atoms with Crippen molar-refractivity contribution in [2.75, 3.05) is 20.7 Å². The normalized spacial score (nSPS) is 27.6. The summed E-state index contributed by atoms with van der Waals surface area (Å²) in [6.07, 6.45) is 5.68. The van der Waals surface area contributed by atoms with Gasteiger partial charge in [-0.2, -0.15) is 0 Å². The van der Waals surface area contributed by atoms with Gasteiger partial charge in [0.15, 0.2) is 0 Å². The molecular weight excluding hydrogens is 260 g/mol. The Morgan fingerprint density at radius 3 is 2.40 bits per heavy atom. The van der Waals surface area contributed by atoms with E-state index in [1.807, 2.05) is 0 Å². The third-order valence-electron chi connectivity index (χ3n) is 4.76. The molecule has 1 aliphatic heterocycles. The van der Waals surface area contributed by atoms with Crippen LogP contribution in [0.15, 0.2) is 0 Å². The number of likely N-dealkylation sites (tertiary alicyclic amines) is 1. The molecule has 20 heavy (non-hydrogen) atoms. The Labute approximate surface area is 119 Å². The summed E-state index contributed by atoms with van der Waals surface area (Å²) in [5.74, 6) is 0.607. The quantitative estimate of drug-likeness (QED) is 0.804. The first-order valence-corrected chi connectivity index (χ1v) is 7.35. The van der Waals surface area contributed by atoms with Gasteiger partial charge in [0.1, 0.15) is 6.04 Å². The van der Waals surface area contributed by atoms with Crippen molar-refractivity contribution in [3.63, 3.8) is 0 Å². The summed E-state index contributed by atoms with van der Waals surface area (Å²) < 4.78 is 0.